The average molecular weight is 1480 g/mol. The Hall–Kier alpha value is -8.98. The van der Waals surface area contributed by atoms with E-state index in [4.69, 9.17) is 14.2 Å². The maximum absolute atomic E-state index is 13.1. The maximum Gasteiger partial charge on any atom is 0.329 e. The molecule has 4 saturated carbocycles. The molecule has 4 aromatic rings. The maximum atomic E-state index is 13.1. The second-order valence-corrected chi connectivity index (χ2v) is 32.8. The summed E-state index contributed by atoms with van der Waals surface area (Å²) in [6.45, 7) is 22.8. The number of carbonyl (C=O) groups is 6. The van der Waals surface area contributed by atoms with Crippen LogP contribution in [0, 0.1) is 160 Å². The topological polar surface area (TPSA) is 356 Å². The van der Waals surface area contributed by atoms with Crippen molar-refractivity contribution >= 4 is 35.6 Å². The summed E-state index contributed by atoms with van der Waals surface area (Å²) in [7, 11) is 4.13. The highest BCUT2D eigenvalue weighted by Gasteiger charge is 2.69. The number of carbonyl (C=O) groups excluding carboxylic acids is 6. The minimum atomic E-state index is -1.61. The zero-order valence-corrected chi connectivity index (χ0v) is 64.0. The van der Waals surface area contributed by atoms with Crippen LogP contribution in [-0.4, -0.2) is 169 Å². The summed E-state index contributed by atoms with van der Waals surface area (Å²) < 4.78 is 15.3. The molecule has 6 heterocycles. The molecule has 4 aliphatic carbocycles. The Morgan fingerprint density at radius 1 is 0.514 bits per heavy atom. The quantitative estimate of drug-likeness (QED) is 0.0565. The van der Waals surface area contributed by atoms with E-state index < -0.39 is 63.7 Å². The van der Waals surface area contributed by atoms with E-state index in [2.05, 4.69) is 82.0 Å². The summed E-state index contributed by atoms with van der Waals surface area (Å²) in [6, 6.07) is 18.8. The fraction of sp³-hybridized carbons (Fsp3) is 0.625. The van der Waals surface area contributed by atoms with Crippen molar-refractivity contribution in [3.63, 3.8) is 0 Å². The van der Waals surface area contributed by atoms with Crippen LogP contribution >= 0.6 is 0 Å². The molecular formula is C80H104N8O19. The number of likely N-dealkylation sites (tertiary alicyclic amines) is 2. The smallest absolute Gasteiger partial charge is 0.329 e. The summed E-state index contributed by atoms with van der Waals surface area (Å²) in [5.74, 6) is -2.42. The third-order valence-electron chi connectivity index (χ3n) is 26.9. The number of rotatable bonds is 17. The predicted octanol–water partition coefficient (Wildman–Crippen LogP) is 9.09. The first-order chi connectivity index (χ1) is 50.4. The van der Waals surface area contributed by atoms with Crippen molar-refractivity contribution in [2.75, 3.05) is 60.6 Å². The van der Waals surface area contributed by atoms with Gasteiger partial charge >= 0.3 is 11.9 Å². The molecule has 2 N–H and O–H groups in total. The van der Waals surface area contributed by atoms with Gasteiger partial charge in [-0.15, -0.1) is 0 Å². The van der Waals surface area contributed by atoms with Crippen molar-refractivity contribution in [3.05, 3.63) is 173 Å². The van der Waals surface area contributed by atoms with Crippen molar-refractivity contribution in [1.29, 1.82) is 0 Å². The van der Waals surface area contributed by atoms with Gasteiger partial charge in [-0.2, -0.15) is 0 Å². The molecule has 14 rings (SSSR count). The highest BCUT2D eigenvalue weighted by Crippen LogP contribution is 2.64. The highest BCUT2D eigenvalue weighted by molar-refractivity contribution is 5.90. The van der Waals surface area contributed by atoms with Gasteiger partial charge in [-0.25, -0.2) is 9.59 Å². The van der Waals surface area contributed by atoms with Crippen LogP contribution in [0.25, 0.3) is 0 Å². The zero-order chi connectivity index (χ0) is 78.2. The van der Waals surface area contributed by atoms with Crippen LogP contribution < -0.4 is 4.74 Å². The number of ether oxygens (including phenoxy) is 3. The molecule has 18 atom stereocenters. The Morgan fingerprint density at radius 3 is 1.52 bits per heavy atom. The second kappa shape index (κ2) is 30.2. The number of amides is 4. The van der Waals surface area contributed by atoms with Crippen LogP contribution in [0.2, 0.25) is 0 Å². The number of methoxy groups -OCH3 is 3. The van der Waals surface area contributed by atoms with E-state index in [9.17, 15) is 79.4 Å². The van der Waals surface area contributed by atoms with Crippen LogP contribution in [0.1, 0.15) is 151 Å². The Labute approximate surface area is 624 Å². The molecule has 0 bridgehead atoms. The molecule has 2 unspecified atom stereocenters. The van der Waals surface area contributed by atoms with Gasteiger partial charge in [0.25, 0.3) is 0 Å². The molecule has 4 aromatic carbocycles. The lowest BCUT2D eigenvalue weighted by atomic mass is 9.72. The standard InChI is InChI=1S/C21H28N2O7.C21H26N2O5.C19H26N2O4.C19H24N2O3/c1-12-5-6-14(8-18(12)29-3)7-17(20(25)30-4)23-19(24)9-16-15(11-22(27)28)13(2)10-21(16,23)26;1-11-5-14-7-18(20(25)28-4)23-19(24)8-17-15(10-22(26)27)13(3)9-21(17,23)16(14)6-12(11)2;1-12-4-5-15(8-13(12)2)6-7-20-18(22)9-17-16(11-21(24)25)14(3)10-19(17,20)23;1-11-6-14-4-5-20-18(22)8-17-15(10-21(23)24)13(3)9-19(17,20)16(14)7-12(11)2/h5-6,8,13,15-17,26H,7,9-11H2,1-4H3;5-6,13,15,17-18H,7-10H2,1-4H3;4-5,8,14,16-17,23H,6-7,9-11H2,1-3H3;6-7,13,15,17H,4-5,8-10H2,1-3H3/t13-,15+,16?,17-,21?;13-,15+,17-,18-,21-;14-,16+,17+,19+;13-,15+,17-,19-/m0000/s1. The van der Waals surface area contributed by atoms with Gasteiger partial charge < -0.3 is 39.1 Å². The molecule has 4 saturated heterocycles. The third-order valence-corrected chi connectivity index (χ3v) is 26.9. The normalized spacial score (nSPS) is 31.8. The Bertz CT molecular complexity index is 4240. The van der Waals surface area contributed by atoms with Crippen LogP contribution in [0.4, 0.5) is 0 Å². The first kappa shape index (κ1) is 79.1. The lowest BCUT2D eigenvalue weighted by Crippen LogP contribution is -2.58. The Kier molecular flexibility index (Phi) is 22.3. The number of benzene rings is 4. The number of nitro groups is 4. The van der Waals surface area contributed by atoms with E-state index in [1.54, 1.807) is 23.0 Å². The molecule has 0 aromatic heterocycles. The molecule has 578 valence electrons. The van der Waals surface area contributed by atoms with Crippen LogP contribution in [0.3, 0.4) is 0 Å². The predicted molar refractivity (Wildman–Crippen MR) is 391 cm³/mol. The van der Waals surface area contributed by atoms with Gasteiger partial charge in [0.1, 0.15) is 29.3 Å². The molecule has 107 heavy (non-hydrogen) atoms. The van der Waals surface area contributed by atoms with E-state index in [1.165, 1.54) is 52.5 Å². The molecule has 10 aliphatic rings. The Balaban J connectivity index is 0.000000143. The number of aryl methyl sites for hydroxylation is 7. The number of esters is 2. The second-order valence-electron chi connectivity index (χ2n) is 32.8. The molecule has 27 heteroatoms. The van der Waals surface area contributed by atoms with Gasteiger partial charge in [0, 0.05) is 119 Å². The largest absolute Gasteiger partial charge is 0.496 e. The summed E-state index contributed by atoms with van der Waals surface area (Å²) in [6.07, 6.45) is 5.16. The van der Waals surface area contributed by atoms with E-state index in [-0.39, 0.29) is 155 Å². The van der Waals surface area contributed by atoms with E-state index in [0.29, 0.717) is 44.4 Å². The number of hydrogen-bond donors (Lipinski definition) is 2. The lowest BCUT2D eigenvalue weighted by molar-refractivity contribution is -0.491. The van der Waals surface area contributed by atoms with Crippen molar-refractivity contribution in [3.8, 4) is 5.75 Å². The molecule has 8 fully saturated rings. The molecule has 4 amide bonds. The zero-order valence-electron chi connectivity index (χ0n) is 64.0. The monoisotopic (exact) mass is 1480 g/mol. The van der Waals surface area contributed by atoms with Gasteiger partial charge in [-0.05, 0) is 189 Å². The van der Waals surface area contributed by atoms with Crippen molar-refractivity contribution in [2.24, 2.45) is 71.0 Å². The van der Waals surface area contributed by atoms with Crippen molar-refractivity contribution in [2.45, 2.75) is 188 Å². The van der Waals surface area contributed by atoms with Crippen LogP contribution in [0.5, 0.6) is 5.75 Å². The number of fused-ring (bicyclic) bond motifs is 4. The Morgan fingerprint density at radius 2 is 0.972 bits per heavy atom. The van der Waals surface area contributed by atoms with E-state index in [1.807, 2.05) is 53.7 Å². The van der Waals surface area contributed by atoms with Crippen molar-refractivity contribution < 1.29 is 72.9 Å². The summed E-state index contributed by atoms with van der Waals surface area (Å²) in [4.78, 5) is 126. The number of hydrogen-bond acceptors (Lipinski definition) is 19. The van der Waals surface area contributed by atoms with E-state index in [0.717, 1.165) is 58.3 Å². The summed E-state index contributed by atoms with van der Waals surface area (Å²) in [5.41, 5.74) is 11.0. The molecular weight excluding hydrogens is 1380 g/mol. The molecule has 2 spiro atoms. The fourth-order valence-corrected chi connectivity index (χ4v) is 21.6. The average Bonchev–Trinajstić information content (AvgIpc) is 1.55. The van der Waals surface area contributed by atoms with Gasteiger partial charge in [-0.1, -0.05) is 82.3 Å². The number of nitrogens with zero attached hydrogens (tertiary/aromatic N) is 8. The van der Waals surface area contributed by atoms with Gasteiger partial charge in [0.05, 0.1) is 32.4 Å². The first-order valence-corrected chi connectivity index (χ1v) is 37.6. The SMILES string of the molecule is COC(=O)[C@@H]1Cc2cc(C)c(C)cc2[C@@]23C[C@H](C)[C@@H](C[N+](=O)[O-])[C@@H]2CC(=O)N13.COC(=O)[C@H](Cc1ccc(C)c(OC)c1)N1C(=O)CC2[C@H](C[N+](=O)[O-])[C@@H](C)CC21O.Cc1cc2c(cc1C)[C@@]13C[C@H](C)[C@@H](C[N+](=O)[O-])[C@@H]1CC(=O)N3CC2.Cc1ccc(CCN2C(=O)C[C@@H]3[C@H](C[N+](=O)[O-])[C@@H](C)C[C@@]32O)cc1C. The minimum Gasteiger partial charge on any atom is -0.496 e. The third kappa shape index (κ3) is 14.1. The van der Waals surface area contributed by atoms with Gasteiger partial charge in [0.2, 0.25) is 49.8 Å². The van der Waals surface area contributed by atoms with Crippen molar-refractivity contribution in [1.82, 2.24) is 19.6 Å². The fourth-order valence-electron chi connectivity index (χ4n) is 21.6. The summed E-state index contributed by atoms with van der Waals surface area (Å²) >= 11 is 0. The van der Waals surface area contributed by atoms with Crippen LogP contribution in [0.15, 0.2) is 60.7 Å². The minimum absolute atomic E-state index is 0.0125. The van der Waals surface area contributed by atoms with E-state index >= 15 is 0 Å². The number of aliphatic hydroxyl groups is 2. The van der Waals surface area contributed by atoms with Gasteiger partial charge in [-0.3, -0.25) is 64.5 Å². The van der Waals surface area contributed by atoms with Gasteiger partial charge in [0.15, 0.2) is 0 Å². The summed E-state index contributed by atoms with van der Waals surface area (Å²) in [5, 5.41) is 67.2. The highest BCUT2D eigenvalue weighted by atomic mass is 16.6. The molecule has 27 nitrogen and oxygen atoms in total. The molecule has 0 radical (unpaired) electrons. The molecule has 6 aliphatic heterocycles. The first-order valence-electron chi connectivity index (χ1n) is 37.6. The van der Waals surface area contributed by atoms with Crippen LogP contribution in [-0.2, 0) is 75.0 Å². The lowest BCUT2D eigenvalue weighted by Gasteiger charge is -2.48.